The summed E-state index contributed by atoms with van der Waals surface area (Å²) in [7, 11) is 0. The SMILES string of the molecule is CCC(CC)(CO)NC(=O)C(=O)Nc1ccc(C)cc1. The Morgan fingerprint density at radius 3 is 2.10 bits per heavy atom. The van der Waals surface area contributed by atoms with E-state index < -0.39 is 17.4 Å². The molecule has 0 unspecified atom stereocenters. The standard InChI is InChI=1S/C15H22N2O3/c1-4-15(5-2,10-18)17-14(20)13(19)16-12-8-6-11(3)7-9-12/h6-9,18H,4-5,10H2,1-3H3,(H,16,19)(H,17,20). The molecule has 1 aromatic carbocycles. The van der Waals surface area contributed by atoms with Crippen molar-refractivity contribution in [2.45, 2.75) is 39.2 Å². The van der Waals surface area contributed by atoms with Crippen molar-refractivity contribution in [3.05, 3.63) is 29.8 Å². The maximum Gasteiger partial charge on any atom is 0.313 e. The highest BCUT2D eigenvalue weighted by atomic mass is 16.3. The molecule has 0 aliphatic heterocycles. The molecular formula is C15H22N2O3. The number of benzene rings is 1. The third-order valence-corrected chi connectivity index (χ3v) is 3.55. The fourth-order valence-corrected chi connectivity index (χ4v) is 1.81. The van der Waals surface area contributed by atoms with Crippen molar-refractivity contribution < 1.29 is 14.7 Å². The Labute approximate surface area is 119 Å². The second-order valence-corrected chi connectivity index (χ2v) is 4.92. The summed E-state index contributed by atoms with van der Waals surface area (Å²) >= 11 is 0. The second kappa shape index (κ2) is 7.05. The number of anilines is 1. The molecule has 0 bridgehead atoms. The van der Waals surface area contributed by atoms with Crippen LogP contribution < -0.4 is 10.6 Å². The van der Waals surface area contributed by atoms with Gasteiger partial charge in [0.2, 0.25) is 0 Å². The van der Waals surface area contributed by atoms with E-state index in [1.165, 1.54) is 0 Å². The minimum absolute atomic E-state index is 0.191. The summed E-state index contributed by atoms with van der Waals surface area (Å²) in [5, 5.41) is 14.5. The molecule has 110 valence electrons. The van der Waals surface area contributed by atoms with Crippen molar-refractivity contribution in [1.82, 2.24) is 5.32 Å². The predicted octanol–water partition coefficient (Wildman–Crippen LogP) is 1.60. The first-order valence-electron chi connectivity index (χ1n) is 6.77. The van der Waals surface area contributed by atoms with Gasteiger partial charge in [0.25, 0.3) is 0 Å². The average molecular weight is 278 g/mol. The van der Waals surface area contributed by atoms with Crippen LogP contribution in [0.2, 0.25) is 0 Å². The molecule has 0 heterocycles. The van der Waals surface area contributed by atoms with Gasteiger partial charge < -0.3 is 15.7 Å². The van der Waals surface area contributed by atoms with Crippen LogP contribution in [0, 0.1) is 6.92 Å². The number of hydrogen-bond donors (Lipinski definition) is 3. The lowest BCUT2D eigenvalue weighted by atomic mass is 9.94. The average Bonchev–Trinajstić information content (AvgIpc) is 2.47. The van der Waals surface area contributed by atoms with Gasteiger partial charge in [-0.25, -0.2) is 0 Å². The van der Waals surface area contributed by atoms with Crippen molar-refractivity contribution in [3.8, 4) is 0 Å². The summed E-state index contributed by atoms with van der Waals surface area (Å²) in [4.78, 5) is 23.7. The van der Waals surface area contributed by atoms with Crippen molar-refractivity contribution in [1.29, 1.82) is 0 Å². The zero-order chi connectivity index (χ0) is 15.2. The highest BCUT2D eigenvalue weighted by Crippen LogP contribution is 2.14. The first-order valence-corrected chi connectivity index (χ1v) is 6.77. The van der Waals surface area contributed by atoms with Crippen LogP contribution in [-0.4, -0.2) is 29.1 Å². The highest BCUT2D eigenvalue weighted by molar-refractivity contribution is 6.39. The van der Waals surface area contributed by atoms with Gasteiger partial charge in [-0.05, 0) is 31.9 Å². The van der Waals surface area contributed by atoms with E-state index in [0.717, 1.165) is 5.56 Å². The van der Waals surface area contributed by atoms with E-state index in [0.29, 0.717) is 18.5 Å². The quantitative estimate of drug-likeness (QED) is 0.716. The van der Waals surface area contributed by atoms with Gasteiger partial charge in [-0.15, -0.1) is 0 Å². The molecule has 1 rings (SSSR count). The highest BCUT2D eigenvalue weighted by Gasteiger charge is 2.29. The van der Waals surface area contributed by atoms with Gasteiger partial charge in [0.05, 0.1) is 12.1 Å². The van der Waals surface area contributed by atoms with Crippen LogP contribution in [-0.2, 0) is 9.59 Å². The number of carbonyl (C=O) groups excluding carboxylic acids is 2. The van der Waals surface area contributed by atoms with Crippen LogP contribution in [0.15, 0.2) is 24.3 Å². The van der Waals surface area contributed by atoms with Gasteiger partial charge in [-0.3, -0.25) is 9.59 Å². The Morgan fingerprint density at radius 1 is 1.10 bits per heavy atom. The van der Waals surface area contributed by atoms with Crippen LogP contribution >= 0.6 is 0 Å². The predicted molar refractivity (Wildman–Crippen MR) is 78.4 cm³/mol. The van der Waals surface area contributed by atoms with Gasteiger partial charge in [0, 0.05) is 5.69 Å². The molecular weight excluding hydrogens is 256 g/mol. The first-order chi connectivity index (χ1) is 9.46. The second-order valence-electron chi connectivity index (χ2n) is 4.92. The van der Waals surface area contributed by atoms with E-state index in [2.05, 4.69) is 10.6 Å². The molecule has 0 atom stereocenters. The largest absolute Gasteiger partial charge is 0.394 e. The maximum atomic E-state index is 11.9. The number of amides is 2. The normalized spacial score (nSPS) is 11.0. The molecule has 5 heteroatoms. The molecule has 20 heavy (non-hydrogen) atoms. The van der Waals surface area contributed by atoms with Gasteiger partial charge in [0.15, 0.2) is 0 Å². The fourth-order valence-electron chi connectivity index (χ4n) is 1.81. The first kappa shape index (κ1) is 16.2. The van der Waals surface area contributed by atoms with Gasteiger partial charge >= 0.3 is 11.8 Å². The van der Waals surface area contributed by atoms with Crippen LogP contribution in [0.5, 0.6) is 0 Å². The van der Waals surface area contributed by atoms with Crippen molar-refractivity contribution >= 4 is 17.5 Å². The summed E-state index contributed by atoms with van der Waals surface area (Å²) in [6, 6.07) is 7.17. The molecule has 5 nitrogen and oxygen atoms in total. The zero-order valence-corrected chi connectivity index (χ0v) is 12.2. The number of aliphatic hydroxyl groups excluding tert-OH is 1. The summed E-state index contributed by atoms with van der Waals surface area (Å²) in [5.41, 5.74) is 0.906. The molecule has 1 aromatic rings. The van der Waals surface area contributed by atoms with E-state index >= 15 is 0 Å². The Morgan fingerprint density at radius 2 is 1.65 bits per heavy atom. The lowest BCUT2D eigenvalue weighted by Crippen LogP contribution is -2.53. The number of rotatable bonds is 5. The van der Waals surface area contributed by atoms with Crippen molar-refractivity contribution in [2.75, 3.05) is 11.9 Å². The topological polar surface area (TPSA) is 78.4 Å². The Hall–Kier alpha value is -1.88. The zero-order valence-electron chi connectivity index (χ0n) is 12.2. The summed E-state index contributed by atoms with van der Waals surface area (Å²) in [6.45, 7) is 5.47. The summed E-state index contributed by atoms with van der Waals surface area (Å²) in [6.07, 6.45) is 1.12. The number of aryl methyl sites for hydroxylation is 1. The Balaban J connectivity index is 2.67. The fraction of sp³-hybridized carbons (Fsp3) is 0.467. The smallest absolute Gasteiger partial charge is 0.313 e. The third-order valence-electron chi connectivity index (χ3n) is 3.55. The molecule has 0 saturated heterocycles. The molecule has 0 aromatic heterocycles. The van der Waals surface area contributed by atoms with Crippen LogP contribution in [0.1, 0.15) is 32.3 Å². The lowest BCUT2D eigenvalue weighted by Gasteiger charge is -2.30. The number of nitrogens with one attached hydrogen (secondary N) is 2. The molecule has 0 spiro atoms. The molecule has 3 N–H and O–H groups in total. The Bertz CT molecular complexity index is 456. The minimum Gasteiger partial charge on any atom is -0.394 e. The minimum atomic E-state index is -0.734. The Kier molecular flexibility index (Phi) is 5.70. The number of hydrogen-bond acceptors (Lipinski definition) is 3. The molecule has 0 aliphatic rings. The van der Waals surface area contributed by atoms with Gasteiger partial charge in [-0.1, -0.05) is 31.5 Å². The van der Waals surface area contributed by atoms with E-state index in [9.17, 15) is 14.7 Å². The van der Waals surface area contributed by atoms with E-state index in [4.69, 9.17) is 0 Å². The van der Waals surface area contributed by atoms with Gasteiger partial charge in [0.1, 0.15) is 0 Å². The number of carbonyl (C=O) groups is 2. The monoisotopic (exact) mass is 278 g/mol. The number of aliphatic hydroxyl groups is 1. The van der Waals surface area contributed by atoms with E-state index in [-0.39, 0.29) is 6.61 Å². The van der Waals surface area contributed by atoms with E-state index in [1.807, 2.05) is 32.9 Å². The van der Waals surface area contributed by atoms with Crippen LogP contribution in [0.3, 0.4) is 0 Å². The van der Waals surface area contributed by atoms with E-state index in [1.54, 1.807) is 12.1 Å². The summed E-state index contributed by atoms with van der Waals surface area (Å²) < 4.78 is 0. The molecule has 0 saturated carbocycles. The van der Waals surface area contributed by atoms with Crippen molar-refractivity contribution in [2.24, 2.45) is 0 Å². The molecule has 0 radical (unpaired) electrons. The third kappa shape index (κ3) is 4.06. The molecule has 2 amide bonds. The van der Waals surface area contributed by atoms with Crippen LogP contribution in [0.25, 0.3) is 0 Å². The molecule has 0 aliphatic carbocycles. The lowest BCUT2D eigenvalue weighted by molar-refractivity contribution is -0.137. The van der Waals surface area contributed by atoms with Crippen molar-refractivity contribution in [3.63, 3.8) is 0 Å². The maximum absolute atomic E-state index is 11.9. The summed E-state index contributed by atoms with van der Waals surface area (Å²) in [5.74, 6) is -1.46. The van der Waals surface area contributed by atoms with Crippen LogP contribution in [0.4, 0.5) is 5.69 Å². The molecule has 0 fully saturated rings. The van der Waals surface area contributed by atoms with Gasteiger partial charge in [-0.2, -0.15) is 0 Å².